The molecule has 0 aromatic heterocycles. The molecule has 0 unspecified atom stereocenters. The number of hydrazine groups is 2. The van der Waals surface area contributed by atoms with Gasteiger partial charge in [-0.25, -0.2) is 0 Å². The minimum absolute atomic E-state index is 0. The van der Waals surface area contributed by atoms with Gasteiger partial charge in [-0.05, 0) is 0 Å². The Bertz CT molecular complexity index is 3.61. The van der Waals surface area contributed by atoms with E-state index in [1.807, 2.05) is 0 Å². The summed E-state index contributed by atoms with van der Waals surface area (Å²) in [7, 11) is 0. The number of hydrogen-bond donors (Lipinski definition) is 4. The number of hydrogen-bond acceptors (Lipinski definition) is 4. The summed E-state index contributed by atoms with van der Waals surface area (Å²) in [5, 5.41) is 0. The fourth-order valence-electron chi connectivity index (χ4n) is 0. The monoisotopic (exact) mass is 259 g/mol. The minimum Gasteiger partial charge on any atom is -0.274 e. The Kier molecular flexibility index (Phi) is 716. The molecule has 0 saturated heterocycles. The van der Waals surface area contributed by atoms with Gasteiger partial charge in [-0.1, -0.05) is 0 Å². The minimum atomic E-state index is 0. The van der Waals surface area contributed by atoms with Gasteiger partial charge in [0.1, 0.15) is 0 Å². The second-order valence-corrected chi connectivity index (χ2v) is 0. The Morgan fingerprint density at radius 1 is 0.600 bits per heavy atom. The third-order valence-corrected chi connectivity index (χ3v) is 0. The van der Waals surface area contributed by atoms with E-state index in [1.165, 1.54) is 0 Å². The van der Waals surface area contributed by atoms with E-state index in [0.717, 1.165) is 0 Å². The van der Waals surface area contributed by atoms with Gasteiger partial charge in [0, 0.05) is 0 Å². The molecule has 5 heavy (non-hydrogen) atoms. The first kappa shape index (κ1) is 17.7. The van der Waals surface area contributed by atoms with Crippen LogP contribution in [0.1, 0.15) is 0 Å². The van der Waals surface area contributed by atoms with Crippen molar-refractivity contribution in [1.82, 2.24) is 0 Å². The maximum Gasteiger partial charge on any atom is 2.00 e. The third-order valence-electron chi connectivity index (χ3n) is 0. The van der Waals surface area contributed by atoms with E-state index in [4.69, 9.17) is 0 Å². The Hall–Kier alpha value is 0.528. The molecule has 0 bridgehead atoms. The van der Waals surface area contributed by atoms with Crippen LogP contribution in [0, 0.1) is 0 Å². The van der Waals surface area contributed by atoms with Crippen molar-refractivity contribution >= 4 is 0 Å². The maximum absolute atomic E-state index is 4.00. The van der Waals surface area contributed by atoms with Crippen LogP contribution in [0.2, 0.25) is 0 Å². The zero-order chi connectivity index (χ0) is 4.00. The van der Waals surface area contributed by atoms with Crippen LogP contribution in [0.3, 0.4) is 0 Å². The summed E-state index contributed by atoms with van der Waals surface area (Å²) in [6.45, 7) is 0. The molecule has 0 heterocycles. The van der Waals surface area contributed by atoms with Gasteiger partial charge in [0.2, 0.25) is 0 Å². The molecule has 0 radical (unpaired) electrons. The SMILES string of the molecule is NN.NN.[Pt+2]. The largest absolute Gasteiger partial charge is 2.00 e. The van der Waals surface area contributed by atoms with Crippen LogP contribution < -0.4 is 23.4 Å². The van der Waals surface area contributed by atoms with Crippen molar-refractivity contribution in [2.75, 3.05) is 0 Å². The van der Waals surface area contributed by atoms with Gasteiger partial charge < -0.3 is 0 Å². The van der Waals surface area contributed by atoms with Crippen LogP contribution in [-0.2, 0) is 21.1 Å². The fraction of sp³-hybridized carbons (Fsp3) is 0. The maximum atomic E-state index is 4.00. The van der Waals surface area contributed by atoms with Crippen LogP contribution in [0.4, 0.5) is 0 Å². The van der Waals surface area contributed by atoms with Gasteiger partial charge >= 0.3 is 21.1 Å². The molecule has 0 aromatic carbocycles. The zero-order valence-electron chi connectivity index (χ0n) is 2.63. The summed E-state index contributed by atoms with van der Waals surface area (Å²) in [5.41, 5.74) is 0. The average Bonchev–Trinajstić information content (AvgIpc) is 1.50. The van der Waals surface area contributed by atoms with Gasteiger partial charge in [0.25, 0.3) is 0 Å². The first-order chi connectivity index (χ1) is 2.00. The Labute approximate surface area is 45.1 Å². The number of rotatable bonds is 0. The van der Waals surface area contributed by atoms with Gasteiger partial charge in [-0.2, -0.15) is 0 Å². The van der Waals surface area contributed by atoms with Crippen LogP contribution in [0.15, 0.2) is 0 Å². The second kappa shape index (κ2) is 202. The van der Waals surface area contributed by atoms with Crippen molar-refractivity contribution in [3.63, 3.8) is 0 Å². The molecule has 0 amide bonds. The van der Waals surface area contributed by atoms with E-state index >= 15 is 0 Å². The molecule has 5 heteroatoms. The van der Waals surface area contributed by atoms with Crippen LogP contribution in [-0.4, -0.2) is 0 Å². The van der Waals surface area contributed by atoms with Crippen molar-refractivity contribution in [3.05, 3.63) is 0 Å². The smallest absolute Gasteiger partial charge is 0.274 e. The van der Waals surface area contributed by atoms with Gasteiger partial charge in [-0.15, -0.1) is 0 Å². The molecule has 0 aliphatic rings. The van der Waals surface area contributed by atoms with E-state index in [9.17, 15) is 0 Å². The Morgan fingerprint density at radius 3 is 0.600 bits per heavy atom. The van der Waals surface area contributed by atoms with Crippen molar-refractivity contribution in [2.45, 2.75) is 0 Å². The van der Waals surface area contributed by atoms with E-state index in [0.29, 0.717) is 0 Å². The fourth-order valence-corrected chi connectivity index (χ4v) is 0. The van der Waals surface area contributed by atoms with E-state index in [1.54, 1.807) is 0 Å². The summed E-state index contributed by atoms with van der Waals surface area (Å²) >= 11 is 0. The number of nitrogens with two attached hydrogens (primary N) is 4. The molecule has 0 saturated carbocycles. The molecule has 0 aliphatic carbocycles. The van der Waals surface area contributed by atoms with Gasteiger partial charge in [0.15, 0.2) is 0 Å². The van der Waals surface area contributed by atoms with Crippen molar-refractivity contribution < 1.29 is 21.1 Å². The molecule has 36 valence electrons. The van der Waals surface area contributed by atoms with Crippen molar-refractivity contribution in [1.29, 1.82) is 0 Å². The van der Waals surface area contributed by atoms with E-state index < -0.39 is 0 Å². The standard InChI is InChI=1S/2H4N2.Pt/c2*1-2;/h2*1-2H2;/q;;+2. The van der Waals surface area contributed by atoms with Crippen LogP contribution in [0.5, 0.6) is 0 Å². The first-order valence-corrected chi connectivity index (χ1v) is 0.667. The molecule has 0 aliphatic heterocycles. The molecule has 0 spiro atoms. The molecule has 0 atom stereocenters. The topological polar surface area (TPSA) is 104 Å². The van der Waals surface area contributed by atoms with Gasteiger partial charge in [-0.3, -0.25) is 23.4 Å². The molecular weight excluding hydrogens is 251 g/mol. The Morgan fingerprint density at radius 2 is 0.600 bits per heavy atom. The summed E-state index contributed by atoms with van der Waals surface area (Å²) in [6, 6.07) is 0. The van der Waals surface area contributed by atoms with Crippen molar-refractivity contribution in [3.8, 4) is 0 Å². The normalized spacial score (nSPS) is 2.40. The predicted octanol–water partition coefficient (Wildman–Crippen LogP) is -2.36. The predicted molar refractivity (Wildman–Crippen MR) is 16.7 cm³/mol. The van der Waals surface area contributed by atoms with E-state index in [2.05, 4.69) is 23.4 Å². The molecule has 0 fully saturated rings. The summed E-state index contributed by atoms with van der Waals surface area (Å²) in [4.78, 5) is 0. The second-order valence-electron chi connectivity index (χ2n) is 0. The molecule has 8 N–H and O–H groups in total. The molecular formula is H8N4Pt+2. The summed E-state index contributed by atoms with van der Waals surface area (Å²) in [6.07, 6.45) is 0. The molecule has 0 rings (SSSR count). The third kappa shape index (κ3) is 104. The molecule has 0 aromatic rings. The quantitative estimate of drug-likeness (QED) is 0.288. The molecule has 4 nitrogen and oxygen atoms in total. The first-order valence-electron chi connectivity index (χ1n) is 0.667. The summed E-state index contributed by atoms with van der Waals surface area (Å²) < 4.78 is 0. The average molecular weight is 259 g/mol. The van der Waals surface area contributed by atoms with Crippen LogP contribution in [0.25, 0.3) is 0 Å². The Balaban J connectivity index is -0.0000000133. The van der Waals surface area contributed by atoms with Crippen LogP contribution >= 0.6 is 0 Å². The summed E-state index contributed by atoms with van der Waals surface area (Å²) in [5.74, 6) is 16.0. The van der Waals surface area contributed by atoms with Gasteiger partial charge in [0.05, 0.1) is 0 Å². The van der Waals surface area contributed by atoms with Crippen molar-refractivity contribution in [2.24, 2.45) is 23.4 Å². The van der Waals surface area contributed by atoms with E-state index in [-0.39, 0.29) is 21.1 Å². The zero-order valence-corrected chi connectivity index (χ0v) is 4.90.